The van der Waals surface area contributed by atoms with E-state index in [1.807, 2.05) is 0 Å². The van der Waals surface area contributed by atoms with Gasteiger partial charge in [-0.15, -0.1) is 0 Å². The molecule has 1 fully saturated rings. The van der Waals surface area contributed by atoms with Crippen LogP contribution in [-0.4, -0.2) is 9.55 Å². The highest BCUT2D eigenvalue weighted by Gasteiger charge is 2.24. The fraction of sp³-hybridized carbons (Fsp3) is 0.562. The van der Waals surface area contributed by atoms with Gasteiger partial charge in [0, 0.05) is 19.5 Å². The van der Waals surface area contributed by atoms with Crippen LogP contribution in [0.4, 0.5) is 0 Å². The maximum atomic E-state index is 5.72. The molecule has 1 aliphatic rings. The van der Waals surface area contributed by atoms with Crippen molar-refractivity contribution in [1.82, 2.24) is 9.55 Å². The predicted molar refractivity (Wildman–Crippen MR) is 78.9 cm³/mol. The highest BCUT2D eigenvalue weighted by molar-refractivity contribution is 5.77. The van der Waals surface area contributed by atoms with Gasteiger partial charge in [-0.25, -0.2) is 4.98 Å². The Morgan fingerprint density at radius 1 is 1.37 bits per heavy atom. The molecule has 2 aromatic rings. The van der Waals surface area contributed by atoms with Gasteiger partial charge in [0.15, 0.2) is 0 Å². The van der Waals surface area contributed by atoms with E-state index in [0.717, 1.165) is 24.4 Å². The van der Waals surface area contributed by atoms with Crippen molar-refractivity contribution in [2.45, 2.75) is 46.2 Å². The molecule has 1 aromatic carbocycles. The minimum absolute atomic E-state index is 0.588. The van der Waals surface area contributed by atoms with Crippen LogP contribution in [0.5, 0.6) is 0 Å². The number of hydrogen-bond donors (Lipinski definition) is 1. The Balaban J connectivity index is 2.04. The molecule has 19 heavy (non-hydrogen) atoms. The number of imidazole rings is 1. The van der Waals surface area contributed by atoms with Crippen LogP contribution >= 0.6 is 0 Å². The lowest BCUT2D eigenvalue weighted by atomic mass is 10.2. The van der Waals surface area contributed by atoms with E-state index in [-0.39, 0.29) is 0 Å². The molecule has 0 radical (unpaired) electrons. The van der Waals surface area contributed by atoms with Crippen molar-refractivity contribution < 1.29 is 0 Å². The molecular formula is C16H23N3. The second kappa shape index (κ2) is 4.97. The zero-order valence-electron chi connectivity index (χ0n) is 11.9. The second-order valence-corrected chi connectivity index (χ2v) is 6.21. The molecule has 1 heterocycles. The second-order valence-electron chi connectivity index (χ2n) is 6.21. The first-order valence-corrected chi connectivity index (χ1v) is 7.35. The maximum absolute atomic E-state index is 5.72. The van der Waals surface area contributed by atoms with Gasteiger partial charge >= 0.3 is 0 Å². The smallest absolute Gasteiger partial charge is 0.110 e. The zero-order valence-corrected chi connectivity index (χ0v) is 11.9. The maximum Gasteiger partial charge on any atom is 0.110 e. The predicted octanol–water partition coefficient (Wildman–Crippen LogP) is 3.10. The number of hydrogen-bond acceptors (Lipinski definition) is 2. The van der Waals surface area contributed by atoms with Gasteiger partial charge in [0.05, 0.1) is 11.0 Å². The molecule has 1 aliphatic carbocycles. The lowest BCUT2D eigenvalue weighted by molar-refractivity contribution is 0.512. The summed E-state index contributed by atoms with van der Waals surface area (Å²) in [4.78, 5) is 4.86. The van der Waals surface area contributed by atoms with Crippen LogP contribution in [-0.2, 0) is 19.5 Å². The number of nitrogens with two attached hydrogens (primary N) is 1. The Morgan fingerprint density at radius 3 is 2.79 bits per heavy atom. The van der Waals surface area contributed by atoms with E-state index >= 15 is 0 Å². The van der Waals surface area contributed by atoms with E-state index in [2.05, 4.69) is 36.6 Å². The van der Waals surface area contributed by atoms with Gasteiger partial charge in [0.25, 0.3) is 0 Å². The molecule has 0 aliphatic heterocycles. The summed E-state index contributed by atoms with van der Waals surface area (Å²) in [7, 11) is 0. The molecule has 2 N–H and O–H groups in total. The number of aromatic nitrogens is 2. The molecule has 3 nitrogen and oxygen atoms in total. The van der Waals surface area contributed by atoms with Crippen molar-refractivity contribution in [1.29, 1.82) is 0 Å². The topological polar surface area (TPSA) is 43.8 Å². The van der Waals surface area contributed by atoms with Gasteiger partial charge in [-0.2, -0.15) is 0 Å². The summed E-state index contributed by atoms with van der Waals surface area (Å²) in [5, 5.41) is 0. The van der Waals surface area contributed by atoms with E-state index < -0.39 is 0 Å². The van der Waals surface area contributed by atoms with E-state index in [1.165, 1.54) is 29.7 Å². The average molecular weight is 257 g/mol. The molecule has 1 aromatic heterocycles. The van der Waals surface area contributed by atoms with Gasteiger partial charge < -0.3 is 10.3 Å². The van der Waals surface area contributed by atoms with Gasteiger partial charge in [-0.3, -0.25) is 0 Å². The van der Waals surface area contributed by atoms with Crippen molar-refractivity contribution in [2.24, 2.45) is 17.6 Å². The quantitative estimate of drug-likeness (QED) is 0.894. The van der Waals surface area contributed by atoms with Gasteiger partial charge in [0.1, 0.15) is 5.82 Å². The van der Waals surface area contributed by atoms with E-state index in [4.69, 9.17) is 10.7 Å². The third-order valence-corrected chi connectivity index (χ3v) is 3.84. The number of nitrogens with zero attached hydrogens (tertiary/aromatic N) is 2. The first-order valence-electron chi connectivity index (χ1n) is 7.35. The summed E-state index contributed by atoms with van der Waals surface area (Å²) in [6.07, 6.45) is 3.89. The Hall–Kier alpha value is -1.35. The molecule has 0 unspecified atom stereocenters. The molecule has 1 saturated carbocycles. The SMILES string of the molecule is CC(C)Cn1c(CC2CC2)nc2cc(CN)ccc21. The Bertz CT molecular complexity index is 579. The molecule has 0 bridgehead atoms. The first-order chi connectivity index (χ1) is 9.17. The summed E-state index contributed by atoms with van der Waals surface area (Å²) >= 11 is 0. The van der Waals surface area contributed by atoms with Crippen molar-refractivity contribution in [3.63, 3.8) is 0 Å². The zero-order chi connectivity index (χ0) is 13.4. The van der Waals surface area contributed by atoms with Crippen molar-refractivity contribution >= 4 is 11.0 Å². The molecule has 0 spiro atoms. The third-order valence-electron chi connectivity index (χ3n) is 3.84. The van der Waals surface area contributed by atoms with Gasteiger partial charge in [-0.05, 0) is 42.4 Å². The number of benzene rings is 1. The van der Waals surface area contributed by atoms with Gasteiger partial charge in [0.2, 0.25) is 0 Å². The highest BCUT2D eigenvalue weighted by Crippen LogP contribution is 2.33. The molecule has 0 amide bonds. The standard InChI is InChI=1S/C16H23N3/c1-11(2)10-19-15-6-5-13(9-17)7-14(15)18-16(19)8-12-3-4-12/h5-7,11-12H,3-4,8-10,17H2,1-2H3. The summed E-state index contributed by atoms with van der Waals surface area (Å²) < 4.78 is 2.42. The van der Waals surface area contributed by atoms with Crippen molar-refractivity contribution in [3.05, 3.63) is 29.6 Å². The Morgan fingerprint density at radius 2 is 2.16 bits per heavy atom. The summed E-state index contributed by atoms with van der Waals surface area (Å²) in [6.45, 7) is 6.17. The monoisotopic (exact) mass is 257 g/mol. The van der Waals surface area contributed by atoms with Crippen LogP contribution in [0.2, 0.25) is 0 Å². The summed E-state index contributed by atoms with van der Waals surface area (Å²) in [5.41, 5.74) is 9.26. The van der Waals surface area contributed by atoms with E-state index in [9.17, 15) is 0 Å². The van der Waals surface area contributed by atoms with Gasteiger partial charge in [-0.1, -0.05) is 19.9 Å². The lowest BCUT2D eigenvalue weighted by Gasteiger charge is -2.11. The highest BCUT2D eigenvalue weighted by atomic mass is 15.1. The molecule has 3 heteroatoms. The molecule has 3 rings (SSSR count). The normalized spacial score (nSPS) is 15.6. The Kier molecular flexibility index (Phi) is 3.31. The van der Waals surface area contributed by atoms with Crippen LogP contribution in [0, 0.1) is 11.8 Å². The molecule has 102 valence electrons. The summed E-state index contributed by atoms with van der Waals surface area (Å²) in [6, 6.07) is 6.45. The van der Waals surface area contributed by atoms with Crippen LogP contribution in [0.25, 0.3) is 11.0 Å². The van der Waals surface area contributed by atoms with E-state index in [1.54, 1.807) is 0 Å². The largest absolute Gasteiger partial charge is 0.328 e. The molecule has 0 atom stereocenters. The minimum Gasteiger partial charge on any atom is -0.328 e. The van der Waals surface area contributed by atoms with Crippen LogP contribution < -0.4 is 5.73 Å². The molecular weight excluding hydrogens is 234 g/mol. The molecule has 0 saturated heterocycles. The lowest BCUT2D eigenvalue weighted by Crippen LogP contribution is -2.09. The number of rotatable bonds is 5. The fourth-order valence-electron chi connectivity index (χ4n) is 2.66. The van der Waals surface area contributed by atoms with E-state index in [0.29, 0.717) is 12.5 Å². The summed E-state index contributed by atoms with van der Waals surface area (Å²) in [5.74, 6) is 2.78. The van der Waals surface area contributed by atoms with Crippen LogP contribution in [0.15, 0.2) is 18.2 Å². The first kappa shape index (κ1) is 12.7. The average Bonchev–Trinajstić information content (AvgIpc) is 3.13. The van der Waals surface area contributed by atoms with Crippen molar-refractivity contribution in [3.8, 4) is 0 Å². The van der Waals surface area contributed by atoms with Crippen molar-refractivity contribution in [2.75, 3.05) is 0 Å². The van der Waals surface area contributed by atoms with Crippen LogP contribution in [0.1, 0.15) is 38.1 Å². The third kappa shape index (κ3) is 2.66. The minimum atomic E-state index is 0.588. The van der Waals surface area contributed by atoms with Crippen LogP contribution in [0.3, 0.4) is 0 Å². The fourth-order valence-corrected chi connectivity index (χ4v) is 2.66. The number of fused-ring (bicyclic) bond motifs is 1. The Labute approximate surface area is 114 Å².